The summed E-state index contributed by atoms with van der Waals surface area (Å²) in [5, 5.41) is 3.20. The van der Waals surface area contributed by atoms with Gasteiger partial charge >= 0.3 is 6.09 Å². The molecule has 1 heterocycles. The van der Waals surface area contributed by atoms with Crippen LogP contribution in [0.5, 0.6) is 0 Å². The first-order valence-corrected chi connectivity index (χ1v) is 5.97. The molecular weight excluding hydrogens is 228 g/mol. The number of unbranched alkanes of at least 4 members (excludes halogenated alkanes) is 3. The standard InChI is InChI=1S/C11H22N2O2.ClH/c1-2-3-4-5-10-15-11(14)13-8-6-12-7-9-13;/h12H,2-10H2,1H3;1H. The molecular formula is C11H23ClN2O2. The van der Waals surface area contributed by atoms with E-state index in [0.717, 1.165) is 39.0 Å². The lowest BCUT2D eigenvalue weighted by Crippen LogP contribution is -2.46. The van der Waals surface area contributed by atoms with Crippen molar-refractivity contribution in [3.8, 4) is 0 Å². The van der Waals surface area contributed by atoms with Crippen molar-refractivity contribution in [2.24, 2.45) is 0 Å². The molecule has 0 bridgehead atoms. The highest BCUT2D eigenvalue weighted by Gasteiger charge is 2.16. The van der Waals surface area contributed by atoms with Crippen LogP contribution < -0.4 is 5.32 Å². The van der Waals surface area contributed by atoms with Crippen LogP contribution in [-0.4, -0.2) is 43.8 Å². The van der Waals surface area contributed by atoms with Gasteiger partial charge in [0.1, 0.15) is 0 Å². The highest BCUT2D eigenvalue weighted by molar-refractivity contribution is 5.85. The Hall–Kier alpha value is -0.480. The van der Waals surface area contributed by atoms with E-state index in [-0.39, 0.29) is 18.5 Å². The number of amides is 1. The molecule has 0 aromatic heterocycles. The van der Waals surface area contributed by atoms with Crippen molar-refractivity contribution < 1.29 is 9.53 Å². The lowest BCUT2D eigenvalue weighted by Gasteiger charge is -2.26. The largest absolute Gasteiger partial charge is 0.449 e. The van der Waals surface area contributed by atoms with Crippen molar-refractivity contribution in [1.29, 1.82) is 0 Å². The lowest BCUT2D eigenvalue weighted by molar-refractivity contribution is 0.0961. The maximum Gasteiger partial charge on any atom is 0.409 e. The van der Waals surface area contributed by atoms with Gasteiger partial charge in [-0.3, -0.25) is 0 Å². The van der Waals surface area contributed by atoms with Gasteiger partial charge in [0.25, 0.3) is 0 Å². The summed E-state index contributed by atoms with van der Waals surface area (Å²) in [5.41, 5.74) is 0. The normalized spacial score (nSPS) is 15.4. The zero-order valence-electron chi connectivity index (χ0n) is 10.0. The molecule has 0 aliphatic carbocycles. The first kappa shape index (κ1) is 15.5. The molecule has 0 aromatic rings. The number of rotatable bonds is 5. The van der Waals surface area contributed by atoms with Crippen LogP contribution in [0.15, 0.2) is 0 Å². The van der Waals surface area contributed by atoms with Crippen LogP contribution in [0.2, 0.25) is 0 Å². The maximum atomic E-state index is 11.5. The van der Waals surface area contributed by atoms with E-state index in [1.165, 1.54) is 12.8 Å². The van der Waals surface area contributed by atoms with E-state index in [1.807, 2.05) is 0 Å². The SMILES string of the molecule is CCCCCCOC(=O)N1CCNCC1.Cl. The van der Waals surface area contributed by atoms with Crippen molar-refractivity contribution >= 4 is 18.5 Å². The van der Waals surface area contributed by atoms with Crippen molar-refractivity contribution in [3.05, 3.63) is 0 Å². The second-order valence-corrected chi connectivity index (χ2v) is 3.91. The number of nitrogens with one attached hydrogen (secondary N) is 1. The monoisotopic (exact) mass is 250 g/mol. The molecule has 1 saturated heterocycles. The van der Waals surface area contributed by atoms with Crippen molar-refractivity contribution in [2.75, 3.05) is 32.8 Å². The predicted molar refractivity (Wildman–Crippen MR) is 67.2 cm³/mol. The Kier molecular flexibility index (Phi) is 9.43. The van der Waals surface area contributed by atoms with E-state index in [9.17, 15) is 4.79 Å². The summed E-state index contributed by atoms with van der Waals surface area (Å²) in [7, 11) is 0. The molecule has 0 radical (unpaired) electrons. The molecule has 0 atom stereocenters. The van der Waals surface area contributed by atoms with Gasteiger partial charge in [-0.25, -0.2) is 4.79 Å². The molecule has 4 nitrogen and oxygen atoms in total. The van der Waals surface area contributed by atoms with Crippen LogP contribution in [0, 0.1) is 0 Å². The van der Waals surface area contributed by atoms with E-state index < -0.39 is 0 Å². The Morgan fingerprint density at radius 3 is 2.56 bits per heavy atom. The topological polar surface area (TPSA) is 41.6 Å². The number of hydrogen-bond acceptors (Lipinski definition) is 3. The predicted octanol–water partition coefficient (Wildman–Crippen LogP) is 2.03. The maximum absolute atomic E-state index is 11.5. The third-order valence-corrected chi connectivity index (χ3v) is 2.60. The zero-order valence-corrected chi connectivity index (χ0v) is 10.9. The number of carbonyl (C=O) groups excluding carboxylic acids is 1. The first-order chi connectivity index (χ1) is 7.34. The number of halogens is 1. The molecule has 1 N–H and O–H groups in total. The average Bonchev–Trinajstić information content (AvgIpc) is 2.30. The van der Waals surface area contributed by atoms with Gasteiger partial charge in [0, 0.05) is 26.2 Å². The fraction of sp³-hybridized carbons (Fsp3) is 0.909. The smallest absolute Gasteiger partial charge is 0.409 e. The quantitative estimate of drug-likeness (QED) is 0.760. The van der Waals surface area contributed by atoms with Crippen molar-refractivity contribution in [2.45, 2.75) is 32.6 Å². The zero-order chi connectivity index (χ0) is 10.9. The molecule has 1 aliphatic rings. The minimum Gasteiger partial charge on any atom is -0.449 e. The molecule has 1 amide bonds. The van der Waals surface area contributed by atoms with Gasteiger partial charge in [0.2, 0.25) is 0 Å². The summed E-state index contributed by atoms with van der Waals surface area (Å²) in [6, 6.07) is 0. The van der Waals surface area contributed by atoms with Crippen molar-refractivity contribution in [3.63, 3.8) is 0 Å². The fourth-order valence-corrected chi connectivity index (χ4v) is 1.63. The average molecular weight is 251 g/mol. The second kappa shape index (κ2) is 9.73. The molecule has 5 heteroatoms. The summed E-state index contributed by atoms with van der Waals surface area (Å²) in [4.78, 5) is 13.3. The third kappa shape index (κ3) is 6.18. The number of piperazine rings is 1. The van der Waals surface area contributed by atoms with E-state index in [4.69, 9.17) is 4.74 Å². The summed E-state index contributed by atoms with van der Waals surface area (Å²) in [6.07, 6.45) is 4.45. The summed E-state index contributed by atoms with van der Waals surface area (Å²) >= 11 is 0. The number of hydrogen-bond donors (Lipinski definition) is 1. The Morgan fingerprint density at radius 2 is 1.94 bits per heavy atom. The van der Waals surface area contributed by atoms with Gasteiger partial charge in [-0.05, 0) is 6.42 Å². The second-order valence-electron chi connectivity index (χ2n) is 3.91. The molecule has 16 heavy (non-hydrogen) atoms. The number of ether oxygens (including phenoxy) is 1. The Balaban J connectivity index is 0.00000225. The summed E-state index contributed by atoms with van der Waals surface area (Å²) in [6.45, 7) is 6.05. The Bertz CT molecular complexity index is 185. The van der Waals surface area contributed by atoms with Crippen LogP contribution in [-0.2, 0) is 4.74 Å². The van der Waals surface area contributed by atoms with Crippen LogP contribution in [0.4, 0.5) is 4.79 Å². The van der Waals surface area contributed by atoms with E-state index >= 15 is 0 Å². The van der Waals surface area contributed by atoms with Gasteiger partial charge < -0.3 is 15.0 Å². The third-order valence-electron chi connectivity index (χ3n) is 2.60. The van der Waals surface area contributed by atoms with Gasteiger partial charge in [-0.1, -0.05) is 26.2 Å². The molecule has 1 fully saturated rings. The van der Waals surface area contributed by atoms with Gasteiger partial charge in [-0.15, -0.1) is 12.4 Å². The van der Waals surface area contributed by atoms with E-state index in [0.29, 0.717) is 6.61 Å². The molecule has 0 saturated carbocycles. The lowest BCUT2D eigenvalue weighted by atomic mass is 10.2. The van der Waals surface area contributed by atoms with E-state index in [2.05, 4.69) is 12.2 Å². The molecule has 0 aromatic carbocycles. The van der Waals surface area contributed by atoms with Crippen LogP contribution in [0.25, 0.3) is 0 Å². The number of carbonyl (C=O) groups is 1. The van der Waals surface area contributed by atoms with E-state index in [1.54, 1.807) is 4.90 Å². The summed E-state index contributed by atoms with van der Waals surface area (Å²) in [5.74, 6) is 0. The summed E-state index contributed by atoms with van der Waals surface area (Å²) < 4.78 is 5.19. The number of nitrogens with zero attached hydrogens (tertiary/aromatic N) is 1. The van der Waals surface area contributed by atoms with Crippen LogP contribution in [0.3, 0.4) is 0 Å². The minimum atomic E-state index is -0.145. The molecule has 1 rings (SSSR count). The van der Waals surface area contributed by atoms with Gasteiger partial charge in [-0.2, -0.15) is 0 Å². The molecule has 0 unspecified atom stereocenters. The fourth-order valence-electron chi connectivity index (χ4n) is 1.63. The first-order valence-electron chi connectivity index (χ1n) is 5.97. The van der Waals surface area contributed by atoms with Crippen LogP contribution in [0.1, 0.15) is 32.6 Å². The molecule has 0 spiro atoms. The highest BCUT2D eigenvalue weighted by atomic mass is 35.5. The minimum absolute atomic E-state index is 0. The van der Waals surface area contributed by atoms with Crippen LogP contribution >= 0.6 is 12.4 Å². The molecule has 96 valence electrons. The Morgan fingerprint density at radius 1 is 1.25 bits per heavy atom. The van der Waals surface area contributed by atoms with Gasteiger partial charge in [0.05, 0.1) is 6.61 Å². The van der Waals surface area contributed by atoms with Crippen molar-refractivity contribution in [1.82, 2.24) is 10.2 Å². The molecule has 1 aliphatic heterocycles. The van der Waals surface area contributed by atoms with Gasteiger partial charge in [0.15, 0.2) is 0 Å². The highest BCUT2D eigenvalue weighted by Crippen LogP contribution is 2.01. The Labute approximate surface area is 104 Å².